The van der Waals surface area contributed by atoms with Crippen LogP contribution in [-0.4, -0.2) is 0 Å². The third-order valence-corrected chi connectivity index (χ3v) is 2.76. The zero-order chi connectivity index (χ0) is 13.2. The van der Waals surface area contributed by atoms with Gasteiger partial charge >= 0.3 is 0 Å². The highest BCUT2D eigenvalue weighted by molar-refractivity contribution is 5.72. The number of rotatable bonds is 0. The van der Waals surface area contributed by atoms with Crippen molar-refractivity contribution in [3.05, 3.63) is 57.5 Å². The van der Waals surface area contributed by atoms with Crippen LogP contribution in [0.4, 0.5) is 0 Å². The number of hydrogen-bond donors (Lipinski definition) is 0. The van der Waals surface area contributed by atoms with Crippen LogP contribution in [0.5, 0.6) is 0 Å². The number of nitrogens with zero attached hydrogens (tertiary/aromatic N) is 4. The third-order valence-electron chi connectivity index (χ3n) is 2.76. The van der Waals surface area contributed by atoms with Crippen molar-refractivity contribution in [1.29, 1.82) is 10.5 Å². The second-order valence-corrected chi connectivity index (χ2v) is 4.00. The molecule has 1 aliphatic rings. The van der Waals surface area contributed by atoms with Gasteiger partial charge in [0.15, 0.2) is 0 Å². The van der Waals surface area contributed by atoms with Gasteiger partial charge in [0.1, 0.15) is 0 Å². The Morgan fingerprint density at radius 2 is 1.47 bits per heavy atom. The lowest BCUT2D eigenvalue weighted by atomic mass is 9.58. The molecule has 1 aliphatic carbocycles. The van der Waals surface area contributed by atoms with E-state index in [9.17, 15) is 0 Å². The lowest BCUT2D eigenvalue weighted by molar-refractivity contribution is 0.492. The highest BCUT2D eigenvalue weighted by Gasteiger charge is 2.45. The molecule has 1 fully saturated rings. The SMILES string of the molecule is [C-]#[N+]/C(C#N)=C1\C(=C)/C(=C(/C#N)[N+]#[C-])C1(C)C. The van der Waals surface area contributed by atoms with Gasteiger partial charge in [-0.1, -0.05) is 20.4 Å². The molecule has 0 spiro atoms. The molecular weight excluding hydrogens is 212 g/mol. The molecule has 0 aromatic carbocycles. The number of nitriles is 2. The van der Waals surface area contributed by atoms with E-state index in [0.717, 1.165) is 0 Å². The van der Waals surface area contributed by atoms with Crippen molar-refractivity contribution >= 4 is 0 Å². The van der Waals surface area contributed by atoms with E-state index in [4.69, 9.17) is 23.7 Å². The summed E-state index contributed by atoms with van der Waals surface area (Å²) in [4.78, 5) is 6.29. The fourth-order valence-corrected chi connectivity index (χ4v) is 2.09. The first-order chi connectivity index (χ1) is 7.95. The highest BCUT2D eigenvalue weighted by Crippen LogP contribution is 2.56. The minimum absolute atomic E-state index is 0.0222. The monoisotopic (exact) mass is 220 g/mol. The average Bonchev–Trinajstić information content (AvgIpc) is 2.31. The lowest BCUT2D eigenvalue weighted by Crippen LogP contribution is -2.33. The Hall–Kier alpha value is -2.82. The van der Waals surface area contributed by atoms with Crippen LogP contribution in [0, 0.1) is 41.2 Å². The van der Waals surface area contributed by atoms with Crippen molar-refractivity contribution in [3.63, 3.8) is 0 Å². The third kappa shape index (κ3) is 1.50. The fraction of sp³-hybridized carbons (Fsp3) is 0.231. The van der Waals surface area contributed by atoms with Gasteiger partial charge in [-0.25, -0.2) is 20.2 Å². The molecule has 0 bridgehead atoms. The molecule has 0 unspecified atom stereocenters. The van der Waals surface area contributed by atoms with Gasteiger partial charge in [0.25, 0.3) is 11.4 Å². The summed E-state index contributed by atoms with van der Waals surface area (Å²) in [6.45, 7) is 21.1. The Bertz CT molecular complexity index is 545. The standard InChI is InChI=1S/C13H8N4/c1-8-11(9(6-14)16-4)13(2,3)12(8)10(7-15)17-5/h1H2,2-3H3/b11-9+,12-10+. The summed E-state index contributed by atoms with van der Waals surface area (Å²) < 4.78 is 0. The van der Waals surface area contributed by atoms with E-state index in [1.807, 2.05) is 12.1 Å². The largest absolute Gasteiger partial charge is 0.266 e. The molecule has 0 amide bonds. The summed E-state index contributed by atoms with van der Waals surface area (Å²) in [5, 5.41) is 17.7. The minimum atomic E-state index is -0.637. The maximum absolute atomic E-state index is 8.85. The van der Waals surface area contributed by atoms with Gasteiger partial charge in [0.2, 0.25) is 0 Å². The normalized spacial score (nSPS) is 22.1. The van der Waals surface area contributed by atoms with Gasteiger partial charge in [-0.15, -0.1) is 0 Å². The quantitative estimate of drug-likeness (QED) is 0.465. The first-order valence-corrected chi connectivity index (χ1v) is 4.70. The van der Waals surface area contributed by atoms with Crippen LogP contribution in [0.3, 0.4) is 0 Å². The number of hydrogen-bond acceptors (Lipinski definition) is 2. The van der Waals surface area contributed by atoms with Gasteiger partial charge in [-0.3, -0.25) is 0 Å². The second-order valence-electron chi connectivity index (χ2n) is 4.00. The average molecular weight is 220 g/mol. The van der Waals surface area contributed by atoms with Crippen molar-refractivity contribution in [1.82, 2.24) is 0 Å². The Balaban J connectivity index is 3.56. The van der Waals surface area contributed by atoms with Crippen molar-refractivity contribution in [2.24, 2.45) is 5.41 Å². The van der Waals surface area contributed by atoms with E-state index in [1.54, 1.807) is 13.8 Å². The summed E-state index contributed by atoms with van der Waals surface area (Å²) in [5.41, 5.74) is 0.831. The van der Waals surface area contributed by atoms with Crippen LogP contribution >= 0.6 is 0 Å². The van der Waals surface area contributed by atoms with Crippen LogP contribution in [0.2, 0.25) is 0 Å². The van der Waals surface area contributed by atoms with Gasteiger partial charge in [-0.05, 0) is 22.1 Å². The maximum atomic E-state index is 8.85. The van der Waals surface area contributed by atoms with Crippen molar-refractivity contribution < 1.29 is 0 Å². The van der Waals surface area contributed by atoms with Gasteiger partial charge < -0.3 is 0 Å². The van der Waals surface area contributed by atoms with E-state index in [2.05, 4.69) is 16.3 Å². The van der Waals surface area contributed by atoms with Gasteiger partial charge in [0, 0.05) is 0 Å². The van der Waals surface area contributed by atoms with E-state index in [-0.39, 0.29) is 11.4 Å². The molecule has 80 valence electrons. The van der Waals surface area contributed by atoms with E-state index >= 15 is 0 Å². The predicted molar refractivity (Wildman–Crippen MR) is 61.4 cm³/mol. The molecule has 0 aromatic rings. The van der Waals surface area contributed by atoms with E-state index < -0.39 is 5.41 Å². The van der Waals surface area contributed by atoms with Gasteiger partial charge in [0.05, 0.1) is 25.3 Å². The van der Waals surface area contributed by atoms with Crippen molar-refractivity contribution in [2.45, 2.75) is 13.8 Å². The van der Waals surface area contributed by atoms with Crippen LogP contribution in [-0.2, 0) is 0 Å². The summed E-state index contributed by atoms with van der Waals surface area (Å²) in [5.74, 6) is 0. The second kappa shape index (κ2) is 3.97. The molecule has 17 heavy (non-hydrogen) atoms. The highest BCUT2D eigenvalue weighted by atomic mass is 14.7. The van der Waals surface area contributed by atoms with Crippen LogP contribution in [0.25, 0.3) is 9.69 Å². The summed E-state index contributed by atoms with van der Waals surface area (Å²) in [7, 11) is 0. The lowest BCUT2D eigenvalue weighted by Gasteiger charge is -2.45. The van der Waals surface area contributed by atoms with E-state index in [0.29, 0.717) is 16.7 Å². The molecule has 0 heterocycles. The van der Waals surface area contributed by atoms with Crippen LogP contribution in [0.1, 0.15) is 13.8 Å². The first-order valence-electron chi connectivity index (χ1n) is 4.70. The Labute approximate surface area is 100 Å². The summed E-state index contributed by atoms with van der Waals surface area (Å²) in [6, 6.07) is 3.63. The van der Waals surface area contributed by atoms with E-state index in [1.165, 1.54) is 0 Å². The van der Waals surface area contributed by atoms with Crippen LogP contribution < -0.4 is 0 Å². The molecule has 0 N–H and O–H groups in total. The molecule has 1 rings (SSSR count). The van der Waals surface area contributed by atoms with Crippen molar-refractivity contribution in [3.8, 4) is 12.1 Å². The Morgan fingerprint density at radius 1 is 1.12 bits per heavy atom. The number of allylic oxidation sites excluding steroid dienone is 5. The molecule has 0 aromatic heterocycles. The van der Waals surface area contributed by atoms with Crippen molar-refractivity contribution in [2.75, 3.05) is 0 Å². The topological polar surface area (TPSA) is 56.3 Å². The summed E-state index contributed by atoms with van der Waals surface area (Å²) >= 11 is 0. The zero-order valence-corrected chi connectivity index (χ0v) is 9.50. The van der Waals surface area contributed by atoms with Crippen LogP contribution in [0.15, 0.2) is 34.7 Å². The molecule has 0 aliphatic heterocycles. The Morgan fingerprint density at radius 3 is 1.65 bits per heavy atom. The minimum Gasteiger partial charge on any atom is -0.226 e. The molecule has 1 saturated carbocycles. The molecule has 0 radical (unpaired) electrons. The fourth-order valence-electron chi connectivity index (χ4n) is 2.09. The Kier molecular flexibility index (Phi) is 2.86. The molecule has 0 saturated heterocycles. The zero-order valence-electron chi connectivity index (χ0n) is 9.50. The summed E-state index contributed by atoms with van der Waals surface area (Å²) in [6.07, 6.45) is 0. The maximum Gasteiger partial charge on any atom is 0.266 e. The first kappa shape index (κ1) is 12.3. The molecule has 0 atom stereocenters. The predicted octanol–water partition coefficient (Wildman–Crippen LogP) is 2.98. The van der Waals surface area contributed by atoms with Gasteiger partial charge in [-0.2, -0.15) is 0 Å². The molecule has 4 nitrogen and oxygen atoms in total. The molecule has 4 heteroatoms. The smallest absolute Gasteiger partial charge is 0.226 e. The molecular formula is C13H8N4.